The van der Waals surface area contributed by atoms with Crippen LogP contribution in [0.1, 0.15) is 31.8 Å². The number of para-hydroxylation sites is 2. The molecule has 0 saturated heterocycles. The van der Waals surface area contributed by atoms with Gasteiger partial charge in [0, 0.05) is 20.1 Å². The molecule has 0 spiro atoms. The maximum absolute atomic E-state index is 11.8. The molecule has 0 heterocycles. The number of rotatable bonds is 6. The van der Waals surface area contributed by atoms with E-state index in [1.54, 1.807) is 24.3 Å². The second kappa shape index (κ2) is 16.6. The second-order valence-electron chi connectivity index (χ2n) is 8.04. The van der Waals surface area contributed by atoms with Crippen molar-refractivity contribution in [1.82, 2.24) is 10.9 Å². The average Bonchev–Trinajstić information content (AvgIpc) is 2.94. The topological polar surface area (TPSA) is 169 Å². The van der Waals surface area contributed by atoms with Gasteiger partial charge in [0.25, 0.3) is 11.8 Å². The minimum absolute atomic E-state index is 0. The zero-order valence-corrected chi connectivity index (χ0v) is 25.3. The van der Waals surface area contributed by atoms with Crippen LogP contribution >= 0.6 is 46.4 Å². The Morgan fingerprint density at radius 3 is 1.35 bits per heavy atom. The van der Waals surface area contributed by atoms with Gasteiger partial charge in [0.2, 0.25) is 0 Å². The molecule has 0 aliphatic carbocycles. The molecule has 0 aromatic heterocycles. The molecule has 0 aliphatic heterocycles. The first kappa shape index (κ1) is 35.2. The molecular weight excluding hydrogens is 694 g/mol. The number of nitrogens with one attached hydrogen (secondary N) is 2. The third kappa shape index (κ3) is 10.1. The molecule has 0 aliphatic rings. The van der Waals surface area contributed by atoms with E-state index in [0.29, 0.717) is 0 Å². The fourth-order valence-corrected chi connectivity index (χ4v) is 4.14. The van der Waals surface area contributed by atoms with Crippen LogP contribution in [0, 0.1) is 0 Å². The van der Waals surface area contributed by atoms with Gasteiger partial charge < -0.3 is 20.4 Å². The summed E-state index contributed by atoms with van der Waals surface area (Å²) in [5.74, 6) is -2.43. The van der Waals surface area contributed by atoms with Gasteiger partial charge in [-0.1, -0.05) is 82.2 Å². The molecule has 0 bridgehead atoms. The van der Waals surface area contributed by atoms with E-state index in [4.69, 9.17) is 46.4 Å². The molecule has 1 radical (unpaired) electrons. The molecular formula is C28H18Cl4CuN4O6. The van der Waals surface area contributed by atoms with Crippen LogP contribution in [0.25, 0.3) is 0 Å². The van der Waals surface area contributed by atoms with Gasteiger partial charge in [-0.3, -0.25) is 9.59 Å². The number of halogens is 4. The van der Waals surface area contributed by atoms with Crippen molar-refractivity contribution >= 4 is 70.6 Å². The number of nitrogens with zero attached hydrogens (tertiary/aromatic N) is 2. The van der Waals surface area contributed by atoms with Crippen molar-refractivity contribution in [3.63, 3.8) is 0 Å². The Morgan fingerprint density at radius 1 is 0.651 bits per heavy atom. The number of hydrogen-bond acceptors (Lipinski definition) is 8. The fourth-order valence-electron chi connectivity index (χ4n) is 3.12. The van der Waals surface area contributed by atoms with E-state index in [1.165, 1.54) is 48.5 Å². The molecule has 0 atom stereocenters. The predicted molar refractivity (Wildman–Crippen MR) is 158 cm³/mol. The first-order valence-corrected chi connectivity index (χ1v) is 13.0. The standard InChI is InChI=1S/2C14H10Cl2N2O3.Cu/c2*15-9-5-8(13(20)11(16)6-9)7-17-18-14(21)10-3-1-2-4-12(10)19;/h2*1-7,19-20H,(H,18,21);/q;;+2/p-2/b2*17-7+;. The molecule has 0 unspecified atom stereocenters. The van der Waals surface area contributed by atoms with Crippen molar-refractivity contribution in [2.45, 2.75) is 0 Å². The average molecular weight is 712 g/mol. The predicted octanol–water partition coefficient (Wildman–Crippen LogP) is 5.07. The third-order valence-electron chi connectivity index (χ3n) is 5.11. The number of hydrogen-bond donors (Lipinski definition) is 4. The van der Waals surface area contributed by atoms with Gasteiger partial charge in [-0.15, -0.1) is 0 Å². The van der Waals surface area contributed by atoms with Crippen LogP contribution in [0.2, 0.25) is 20.1 Å². The Bertz CT molecular complexity index is 1560. The minimum atomic E-state index is -0.607. The van der Waals surface area contributed by atoms with Gasteiger partial charge >= 0.3 is 17.1 Å². The quantitative estimate of drug-likeness (QED) is 0.124. The van der Waals surface area contributed by atoms with E-state index in [-0.39, 0.29) is 70.9 Å². The van der Waals surface area contributed by atoms with E-state index < -0.39 is 23.3 Å². The van der Waals surface area contributed by atoms with Gasteiger partial charge in [0.05, 0.1) is 23.6 Å². The number of benzene rings is 4. The van der Waals surface area contributed by atoms with Crippen LogP contribution in [-0.4, -0.2) is 34.5 Å². The van der Waals surface area contributed by atoms with Crippen LogP contribution in [-0.2, 0) is 17.1 Å². The largest absolute Gasteiger partial charge is 2.00 e. The molecule has 0 saturated carbocycles. The number of phenols is 2. The first-order valence-electron chi connectivity index (χ1n) is 11.5. The van der Waals surface area contributed by atoms with E-state index in [0.717, 1.165) is 12.4 Å². The normalized spacial score (nSPS) is 10.5. The van der Waals surface area contributed by atoms with Crippen molar-refractivity contribution in [3.05, 3.63) is 115 Å². The van der Waals surface area contributed by atoms with Gasteiger partial charge in [-0.05, 0) is 59.7 Å². The number of carbonyl (C=O) groups is 2. The summed E-state index contributed by atoms with van der Waals surface area (Å²) in [5, 5.41) is 50.2. The van der Waals surface area contributed by atoms with Crippen LogP contribution in [0.5, 0.6) is 23.0 Å². The minimum Gasteiger partial charge on any atom is -0.871 e. The summed E-state index contributed by atoms with van der Waals surface area (Å²) < 4.78 is 0. The molecule has 2 amide bonds. The molecule has 225 valence electrons. The molecule has 10 nitrogen and oxygen atoms in total. The molecule has 0 fully saturated rings. The fraction of sp³-hybridized carbons (Fsp3) is 0. The Morgan fingerprint density at radius 2 is 1.00 bits per heavy atom. The van der Waals surface area contributed by atoms with Crippen molar-refractivity contribution in [2.24, 2.45) is 10.2 Å². The summed E-state index contributed by atoms with van der Waals surface area (Å²) in [6, 6.07) is 17.4. The first-order chi connectivity index (χ1) is 20.0. The number of aromatic hydroxyl groups is 2. The second-order valence-corrected chi connectivity index (χ2v) is 9.73. The summed E-state index contributed by atoms with van der Waals surface area (Å²) >= 11 is 22.9. The monoisotopic (exact) mass is 709 g/mol. The van der Waals surface area contributed by atoms with Crippen LogP contribution in [0.4, 0.5) is 0 Å². The molecule has 4 N–H and O–H groups in total. The number of carbonyl (C=O) groups excluding carboxylic acids is 2. The van der Waals surface area contributed by atoms with E-state index >= 15 is 0 Å². The summed E-state index contributed by atoms with van der Waals surface area (Å²) in [4.78, 5) is 23.5. The van der Waals surface area contributed by atoms with Gasteiger partial charge in [-0.25, -0.2) is 10.9 Å². The third-order valence-corrected chi connectivity index (χ3v) is 6.11. The zero-order chi connectivity index (χ0) is 30.8. The van der Waals surface area contributed by atoms with Crippen molar-refractivity contribution in [1.29, 1.82) is 0 Å². The molecule has 4 rings (SSSR count). The van der Waals surface area contributed by atoms with Crippen LogP contribution in [0.3, 0.4) is 0 Å². The molecule has 43 heavy (non-hydrogen) atoms. The van der Waals surface area contributed by atoms with Gasteiger partial charge in [-0.2, -0.15) is 10.2 Å². The number of amides is 2. The zero-order valence-electron chi connectivity index (χ0n) is 21.3. The van der Waals surface area contributed by atoms with E-state index in [9.17, 15) is 30.0 Å². The Labute approximate surface area is 275 Å². The molecule has 4 aromatic rings. The van der Waals surface area contributed by atoms with E-state index in [1.807, 2.05) is 0 Å². The van der Waals surface area contributed by atoms with Gasteiger partial charge in [0.15, 0.2) is 0 Å². The summed E-state index contributed by atoms with van der Waals surface area (Å²) in [6.07, 6.45) is 2.27. The van der Waals surface area contributed by atoms with E-state index in [2.05, 4.69) is 21.1 Å². The number of hydrazone groups is 2. The maximum Gasteiger partial charge on any atom is 2.00 e. The summed E-state index contributed by atoms with van der Waals surface area (Å²) in [5.41, 5.74) is 4.83. The Kier molecular flexibility index (Phi) is 13.6. The van der Waals surface area contributed by atoms with Crippen molar-refractivity contribution in [2.75, 3.05) is 0 Å². The SMILES string of the molecule is O=C(N/N=C/c1cc(Cl)cc(Cl)c1[O-])c1ccccc1O.O=C(N/N=C/c1cc(Cl)cc(Cl)c1[O-])c1ccccc1O.[Cu+2]. The van der Waals surface area contributed by atoms with Crippen LogP contribution < -0.4 is 21.1 Å². The Balaban J connectivity index is 0.000000293. The smallest absolute Gasteiger partial charge is 0.871 e. The Hall–Kier alpha value is -3.96. The van der Waals surface area contributed by atoms with Crippen LogP contribution in [0.15, 0.2) is 83.0 Å². The van der Waals surface area contributed by atoms with Crippen molar-refractivity contribution < 1.29 is 47.1 Å². The molecule has 4 aromatic carbocycles. The number of phenolic OH excluding ortho intramolecular Hbond substituents is 2. The maximum atomic E-state index is 11.8. The summed E-state index contributed by atoms with van der Waals surface area (Å²) in [7, 11) is 0. The molecule has 15 heteroatoms. The van der Waals surface area contributed by atoms with Crippen molar-refractivity contribution in [3.8, 4) is 23.0 Å². The summed E-state index contributed by atoms with van der Waals surface area (Å²) in [6.45, 7) is 0. The van der Waals surface area contributed by atoms with Gasteiger partial charge in [0.1, 0.15) is 11.5 Å².